The molecule has 0 fully saturated rings. The summed E-state index contributed by atoms with van der Waals surface area (Å²) in [5, 5.41) is 5.45. The molecule has 0 aliphatic heterocycles. The number of hydrogen-bond acceptors (Lipinski definition) is 4. The third-order valence-corrected chi connectivity index (χ3v) is 6.17. The van der Waals surface area contributed by atoms with Crippen molar-refractivity contribution >= 4 is 27.5 Å². The molecule has 2 N–H and O–H groups in total. The van der Waals surface area contributed by atoms with Crippen molar-refractivity contribution in [1.82, 2.24) is 9.62 Å². The standard InChI is InChI=1S/C21H27N3O4S/c1-4-5-14-22-21(26)18-8-6-7-9-19(18)23-20(25)15-24(3)29(27,28)17-12-10-16(2)11-13-17/h6-13H,4-5,14-15H2,1-3H3,(H,22,26)(H,23,25). The van der Waals surface area contributed by atoms with Crippen LogP contribution >= 0.6 is 0 Å². The number of amides is 2. The Morgan fingerprint density at radius 1 is 1.03 bits per heavy atom. The number of nitrogens with zero attached hydrogens (tertiary/aromatic N) is 1. The maximum atomic E-state index is 12.6. The maximum absolute atomic E-state index is 12.6. The molecule has 2 aromatic rings. The Labute approximate surface area is 172 Å². The molecule has 7 nitrogen and oxygen atoms in total. The molecular formula is C21H27N3O4S. The maximum Gasteiger partial charge on any atom is 0.253 e. The quantitative estimate of drug-likeness (QED) is 0.613. The van der Waals surface area contributed by atoms with Gasteiger partial charge in [-0.2, -0.15) is 4.31 Å². The summed E-state index contributed by atoms with van der Waals surface area (Å²) in [6.07, 6.45) is 1.82. The summed E-state index contributed by atoms with van der Waals surface area (Å²) < 4.78 is 26.3. The van der Waals surface area contributed by atoms with E-state index < -0.39 is 15.9 Å². The first-order chi connectivity index (χ1) is 13.8. The van der Waals surface area contributed by atoms with E-state index in [1.165, 1.54) is 19.2 Å². The van der Waals surface area contributed by atoms with Crippen LogP contribution in [0, 0.1) is 6.92 Å². The van der Waals surface area contributed by atoms with Crippen LogP contribution in [-0.2, 0) is 14.8 Å². The number of rotatable bonds is 9. The van der Waals surface area contributed by atoms with Crippen LogP contribution in [0.3, 0.4) is 0 Å². The molecule has 0 bridgehead atoms. The van der Waals surface area contributed by atoms with Gasteiger partial charge < -0.3 is 10.6 Å². The number of carbonyl (C=O) groups excluding carboxylic acids is 2. The molecule has 0 unspecified atom stereocenters. The van der Waals surface area contributed by atoms with Crippen molar-refractivity contribution in [2.45, 2.75) is 31.6 Å². The van der Waals surface area contributed by atoms with E-state index in [0.29, 0.717) is 17.8 Å². The molecule has 0 radical (unpaired) electrons. The van der Waals surface area contributed by atoms with Gasteiger partial charge in [0, 0.05) is 13.6 Å². The van der Waals surface area contributed by atoms with Crippen LogP contribution in [0.1, 0.15) is 35.7 Å². The van der Waals surface area contributed by atoms with E-state index in [-0.39, 0.29) is 17.3 Å². The Morgan fingerprint density at radius 2 is 1.69 bits per heavy atom. The summed E-state index contributed by atoms with van der Waals surface area (Å²) in [5.41, 5.74) is 1.62. The third-order valence-electron chi connectivity index (χ3n) is 4.36. The fourth-order valence-electron chi connectivity index (χ4n) is 2.63. The predicted molar refractivity (Wildman–Crippen MR) is 113 cm³/mol. The lowest BCUT2D eigenvalue weighted by Crippen LogP contribution is -2.35. The molecule has 0 aliphatic rings. The van der Waals surface area contributed by atoms with Crippen molar-refractivity contribution in [3.8, 4) is 0 Å². The van der Waals surface area contributed by atoms with Crippen LogP contribution in [-0.4, -0.2) is 44.7 Å². The smallest absolute Gasteiger partial charge is 0.253 e. The van der Waals surface area contributed by atoms with Crippen LogP contribution in [0.2, 0.25) is 0 Å². The molecule has 0 heterocycles. The Hall–Kier alpha value is -2.71. The number of likely N-dealkylation sites (N-methyl/N-ethyl adjacent to an activating group) is 1. The summed E-state index contributed by atoms with van der Waals surface area (Å²) in [6.45, 7) is 4.07. The van der Waals surface area contributed by atoms with Gasteiger partial charge in [-0.15, -0.1) is 0 Å². The highest BCUT2D eigenvalue weighted by molar-refractivity contribution is 7.89. The summed E-state index contributed by atoms with van der Waals surface area (Å²) in [5.74, 6) is -0.813. The largest absolute Gasteiger partial charge is 0.352 e. The van der Waals surface area contributed by atoms with Gasteiger partial charge in [-0.25, -0.2) is 8.42 Å². The second-order valence-electron chi connectivity index (χ2n) is 6.78. The molecule has 29 heavy (non-hydrogen) atoms. The average Bonchev–Trinajstić information content (AvgIpc) is 2.68. The minimum atomic E-state index is -3.79. The van der Waals surface area contributed by atoms with E-state index >= 15 is 0 Å². The molecular weight excluding hydrogens is 390 g/mol. The number of nitrogens with one attached hydrogen (secondary N) is 2. The van der Waals surface area contributed by atoms with Crippen molar-refractivity contribution in [3.63, 3.8) is 0 Å². The lowest BCUT2D eigenvalue weighted by molar-refractivity contribution is -0.116. The fourth-order valence-corrected chi connectivity index (χ4v) is 3.76. The lowest BCUT2D eigenvalue weighted by atomic mass is 10.1. The molecule has 2 rings (SSSR count). The molecule has 0 aliphatic carbocycles. The van der Waals surface area contributed by atoms with Crippen molar-refractivity contribution in [2.75, 3.05) is 25.5 Å². The van der Waals surface area contributed by atoms with Crippen LogP contribution in [0.4, 0.5) is 5.69 Å². The molecule has 2 amide bonds. The molecule has 0 saturated carbocycles. The molecule has 0 aromatic heterocycles. The fraction of sp³-hybridized carbons (Fsp3) is 0.333. The van der Waals surface area contributed by atoms with Crippen molar-refractivity contribution in [1.29, 1.82) is 0 Å². The molecule has 2 aromatic carbocycles. The van der Waals surface area contributed by atoms with E-state index in [1.54, 1.807) is 36.4 Å². The summed E-state index contributed by atoms with van der Waals surface area (Å²) in [4.78, 5) is 24.9. The molecule has 0 atom stereocenters. The predicted octanol–water partition coefficient (Wildman–Crippen LogP) is 2.78. The molecule has 0 spiro atoms. The number of aryl methyl sites for hydroxylation is 1. The van der Waals surface area contributed by atoms with Crippen LogP contribution in [0.5, 0.6) is 0 Å². The first kappa shape index (κ1) is 22.6. The van der Waals surface area contributed by atoms with Crippen LogP contribution in [0.25, 0.3) is 0 Å². The van der Waals surface area contributed by atoms with E-state index in [9.17, 15) is 18.0 Å². The SMILES string of the molecule is CCCCNC(=O)c1ccccc1NC(=O)CN(C)S(=O)(=O)c1ccc(C)cc1. The van der Waals surface area contributed by atoms with E-state index in [0.717, 1.165) is 22.7 Å². The van der Waals surface area contributed by atoms with Gasteiger partial charge in [0.2, 0.25) is 15.9 Å². The highest BCUT2D eigenvalue weighted by atomic mass is 32.2. The van der Waals surface area contributed by atoms with Crippen molar-refractivity contribution < 1.29 is 18.0 Å². The number of sulfonamides is 1. The minimum Gasteiger partial charge on any atom is -0.352 e. The summed E-state index contributed by atoms with van der Waals surface area (Å²) in [7, 11) is -2.45. The second-order valence-corrected chi connectivity index (χ2v) is 8.82. The Bertz CT molecular complexity index is 956. The zero-order chi connectivity index (χ0) is 21.4. The average molecular weight is 418 g/mol. The van der Waals surface area contributed by atoms with Gasteiger partial charge >= 0.3 is 0 Å². The van der Waals surface area contributed by atoms with Gasteiger partial charge in [0.25, 0.3) is 5.91 Å². The highest BCUT2D eigenvalue weighted by Crippen LogP contribution is 2.17. The number of unbranched alkanes of at least 4 members (excludes halogenated alkanes) is 1. The topological polar surface area (TPSA) is 95.6 Å². The zero-order valence-corrected chi connectivity index (χ0v) is 17.8. The Morgan fingerprint density at radius 3 is 2.34 bits per heavy atom. The number of para-hydroxylation sites is 1. The minimum absolute atomic E-state index is 0.120. The Balaban J connectivity index is 2.07. The molecule has 0 saturated heterocycles. The first-order valence-corrected chi connectivity index (χ1v) is 10.9. The van der Waals surface area contributed by atoms with Gasteiger partial charge in [-0.1, -0.05) is 43.2 Å². The van der Waals surface area contributed by atoms with Gasteiger partial charge in [0.05, 0.1) is 22.7 Å². The van der Waals surface area contributed by atoms with Crippen LogP contribution < -0.4 is 10.6 Å². The third kappa shape index (κ3) is 6.13. The van der Waals surface area contributed by atoms with Gasteiger partial charge in [-0.3, -0.25) is 9.59 Å². The lowest BCUT2D eigenvalue weighted by Gasteiger charge is -2.18. The monoisotopic (exact) mass is 417 g/mol. The van der Waals surface area contributed by atoms with Gasteiger partial charge in [-0.05, 0) is 37.6 Å². The number of benzene rings is 2. The number of carbonyl (C=O) groups is 2. The normalized spacial score (nSPS) is 11.3. The van der Waals surface area contributed by atoms with E-state index in [2.05, 4.69) is 10.6 Å². The highest BCUT2D eigenvalue weighted by Gasteiger charge is 2.23. The summed E-state index contributed by atoms with van der Waals surface area (Å²) in [6, 6.07) is 13.1. The van der Waals surface area contributed by atoms with Gasteiger partial charge in [0.15, 0.2) is 0 Å². The van der Waals surface area contributed by atoms with Crippen LogP contribution in [0.15, 0.2) is 53.4 Å². The van der Waals surface area contributed by atoms with E-state index in [4.69, 9.17) is 0 Å². The molecule has 156 valence electrons. The number of anilines is 1. The number of hydrogen-bond donors (Lipinski definition) is 2. The van der Waals surface area contributed by atoms with Crippen molar-refractivity contribution in [2.24, 2.45) is 0 Å². The van der Waals surface area contributed by atoms with Crippen molar-refractivity contribution in [3.05, 3.63) is 59.7 Å². The first-order valence-electron chi connectivity index (χ1n) is 9.45. The van der Waals surface area contributed by atoms with Gasteiger partial charge in [0.1, 0.15) is 0 Å². The zero-order valence-electron chi connectivity index (χ0n) is 16.9. The van der Waals surface area contributed by atoms with E-state index in [1.807, 2.05) is 13.8 Å². The second kappa shape index (κ2) is 10.2. The summed E-state index contributed by atoms with van der Waals surface area (Å²) >= 11 is 0. The molecule has 8 heteroatoms. The Kier molecular flexibility index (Phi) is 7.92.